The Labute approximate surface area is 132 Å². The minimum atomic E-state index is 0.212. The van der Waals surface area contributed by atoms with E-state index in [4.69, 9.17) is 0 Å². The number of piperazine rings is 1. The van der Waals surface area contributed by atoms with Gasteiger partial charge in [0.05, 0.1) is 12.1 Å². The van der Waals surface area contributed by atoms with Crippen molar-refractivity contribution in [3.63, 3.8) is 0 Å². The summed E-state index contributed by atoms with van der Waals surface area (Å²) < 4.78 is 1.04. The Morgan fingerprint density at radius 1 is 1.24 bits per heavy atom. The van der Waals surface area contributed by atoms with Gasteiger partial charge in [0, 0.05) is 42.1 Å². The van der Waals surface area contributed by atoms with E-state index in [1.54, 1.807) is 6.33 Å². The Kier molecular flexibility index (Phi) is 4.37. The minimum Gasteiger partial charge on any atom is -0.395 e. The lowest BCUT2D eigenvalue weighted by Crippen LogP contribution is -2.50. The van der Waals surface area contributed by atoms with Gasteiger partial charge >= 0.3 is 0 Å². The molecule has 1 saturated heterocycles. The lowest BCUT2D eigenvalue weighted by Gasteiger charge is -2.38. The number of aliphatic hydroxyl groups is 1. The molecule has 1 aliphatic rings. The first kappa shape index (κ1) is 14.7. The summed E-state index contributed by atoms with van der Waals surface area (Å²) in [4.78, 5) is 13.4. The Bertz CT molecular complexity index is 628. The molecule has 5 nitrogen and oxygen atoms in total. The fourth-order valence-electron chi connectivity index (χ4n) is 2.76. The quantitative estimate of drug-likeness (QED) is 0.915. The summed E-state index contributed by atoms with van der Waals surface area (Å²) in [6, 6.07) is 6.31. The van der Waals surface area contributed by atoms with Crippen LogP contribution in [0.3, 0.4) is 0 Å². The molecule has 1 fully saturated rings. The van der Waals surface area contributed by atoms with Crippen LogP contribution in [0.15, 0.2) is 29.0 Å². The molecule has 1 aliphatic heterocycles. The lowest BCUT2D eigenvalue weighted by atomic mass is 10.2. The van der Waals surface area contributed by atoms with E-state index in [0.717, 1.165) is 47.4 Å². The molecule has 1 atom stereocenters. The van der Waals surface area contributed by atoms with Crippen molar-refractivity contribution in [2.75, 3.05) is 37.7 Å². The van der Waals surface area contributed by atoms with Gasteiger partial charge in [-0.15, -0.1) is 0 Å². The van der Waals surface area contributed by atoms with E-state index in [2.05, 4.69) is 48.7 Å². The summed E-state index contributed by atoms with van der Waals surface area (Å²) in [5.41, 5.74) is 0.967. The van der Waals surface area contributed by atoms with Crippen molar-refractivity contribution >= 4 is 32.7 Å². The molecular formula is C15H19BrN4O. The highest BCUT2D eigenvalue weighted by Gasteiger charge is 2.22. The smallest absolute Gasteiger partial charge is 0.140 e. The number of hydrogen-bond acceptors (Lipinski definition) is 5. The van der Waals surface area contributed by atoms with E-state index < -0.39 is 0 Å². The van der Waals surface area contributed by atoms with E-state index in [-0.39, 0.29) is 12.6 Å². The fraction of sp³-hybridized carbons (Fsp3) is 0.467. The Balaban J connectivity index is 1.84. The van der Waals surface area contributed by atoms with Gasteiger partial charge in [-0.2, -0.15) is 0 Å². The highest BCUT2D eigenvalue weighted by atomic mass is 79.9. The van der Waals surface area contributed by atoms with Crippen molar-refractivity contribution in [1.82, 2.24) is 14.9 Å². The van der Waals surface area contributed by atoms with Crippen LogP contribution in [0.2, 0.25) is 0 Å². The third-order valence-corrected chi connectivity index (χ3v) is 4.57. The molecule has 1 unspecified atom stereocenters. The highest BCUT2D eigenvalue weighted by Crippen LogP contribution is 2.26. The molecular weight excluding hydrogens is 332 g/mol. The molecule has 2 heterocycles. The average molecular weight is 351 g/mol. The van der Waals surface area contributed by atoms with Crippen molar-refractivity contribution in [3.8, 4) is 0 Å². The second kappa shape index (κ2) is 6.25. The maximum atomic E-state index is 9.26. The summed E-state index contributed by atoms with van der Waals surface area (Å²) in [7, 11) is 0. The van der Waals surface area contributed by atoms with Gasteiger partial charge in [-0.1, -0.05) is 15.9 Å². The average Bonchev–Trinajstić information content (AvgIpc) is 2.53. The molecule has 0 amide bonds. The third kappa shape index (κ3) is 3.02. The summed E-state index contributed by atoms with van der Waals surface area (Å²) in [5.74, 6) is 0.998. The molecule has 6 heteroatoms. The first-order valence-electron chi connectivity index (χ1n) is 7.19. The van der Waals surface area contributed by atoms with Gasteiger partial charge in [-0.05, 0) is 25.1 Å². The minimum absolute atomic E-state index is 0.212. The van der Waals surface area contributed by atoms with Gasteiger partial charge in [0.25, 0.3) is 0 Å². The zero-order valence-corrected chi connectivity index (χ0v) is 13.6. The van der Waals surface area contributed by atoms with Gasteiger partial charge < -0.3 is 10.0 Å². The molecule has 1 N–H and O–H groups in total. The van der Waals surface area contributed by atoms with Crippen LogP contribution in [0.5, 0.6) is 0 Å². The van der Waals surface area contributed by atoms with E-state index in [9.17, 15) is 5.11 Å². The molecule has 1 aromatic heterocycles. The molecule has 3 rings (SSSR count). The summed E-state index contributed by atoms with van der Waals surface area (Å²) in [6.07, 6.45) is 1.63. The van der Waals surface area contributed by atoms with Crippen LogP contribution in [0.1, 0.15) is 6.92 Å². The Morgan fingerprint density at radius 2 is 2.00 bits per heavy atom. The zero-order valence-electron chi connectivity index (χ0n) is 12.0. The van der Waals surface area contributed by atoms with Crippen LogP contribution in [0.4, 0.5) is 5.82 Å². The van der Waals surface area contributed by atoms with E-state index >= 15 is 0 Å². The number of anilines is 1. The van der Waals surface area contributed by atoms with E-state index in [1.807, 2.05) is 12.1 Å². The first-order chi connectivity index (χ1) is 10.2. The van der Waals surface area contributed by atoms with Crippen LogP contribution >= 0.6 is 15.9 Å². The highest BCUT2D eigenvalue weighted by molar-refractivity contribution is 9.10. The summed E-state index contributed by atoms with van der Waals surface area (Å²) in [6.45, 7) is 6.00. The van der Waals surface area contributed by atoms with Crippen LogP contribution in [-0.4, -0.2) is 58.8 Å². The molecule has 0 bridgehead atoms. The van der Waals surface area contributed by atoms with Crippen molar-refractivity contribution in [2.24, 2.45) is 0 Å². The molecule has 0 radical (unpaired) electrons. The number of nitrogens with zero attached hydrogens (tertiary/aromatic N) is 4. The van der Waals surface area contributed by atoms with Crippen LogP contribution in [-0.2, 0) is 0 Å². The van der Waals surface area contributed by atoms with Crippen LogP contribution in [0, 0.1) is 0 Å². The Morgan fingerprint density at radius 3 is 2.71 bits per heavy atom. The SMILES string of the molecule is CC(CO)N1CCN(c2ncnc3ccc(Br)cc23)CC1. The predicted molar refractivity (Wildman–Crippen MR) is 87.6 cm³/mol. The van der Waals surface area contributed by atoms with Crippen molar-refractivity contribution in [2.45, 2.75) is 13.0 Å². The molecule has 0 aliphatic carbocycles. The number of fused-ring (bicyclic) bond motifs is 1. The molecule has 0 saturated carbocycles. The van der Waals surface area contributed by atoms with E-state index in [0.29, 0.717) is 0 Å². The largest absolute Gasteiger partial charge is 0.395 e. The number of halogens is 1. The van der Waals surface area contributed by atoms with Gasteiger partial charge in [0.15, 0.2) is 0 Å². The zero-order chi connectivity index (χ0) is 14.8. The lowest BCUT2D eigenvalue weighted by molar-refractivity contribution is 0.128. The second-order valence-electron chi connectivity index (χ2n) is 5.41. The molecule has 112 valence electrons. The van der Waals surface area contributed by atoms with E-state index in [1.165, 1.54) is 0 Å². The van der Waals surface area contributed by atoms with Crippen molar-refractivity contribution in [3.05, 3.63) is 29.0 Å². The number of benzene rings is 1. The first-order valence-corrected chi connectivity index (χ1v) is 7.98. The maximum Gasteiger partial charge on any atom is 0.140 e. The number of aromatic nitrogens is 2. The maximum absolute atomic E-state index is 9.26. The molecule has 0 spiro atoms. The van der Waals surface area contributed by atoms with Gasteiger partial charge in [0.1, 0.15) is 12.1 Å². The molecule has 21 heavy (non-hydrogen) atoms. The van der Waals surface area contributed by atoms with Crippen molar-refractivity contribution < 1.29 is 5.11 Å². The van der Waals surface area contributed by atoms with Crippen LogP contribution < -0.4 is 4.90 Å². The van der Waals surface area contributed by atoms with Gasteiger partial charge in [-0.3, -0.25) is 4.90 Å². The van der Waals surface area contributed by atoms with Gasteiger partial charge in [-0.25, -0.2) is 9.97 Å². The molecule has 2 aromatic rings. The summed E-state index contributed by atoms with van der Waals surface area (Å²) in [5, 5.41) is 10.3. The Hall–Kier alpha value is -1.24. The number of aliphatic hydroxyl groups excluding tert-OH is 1. The molecule has 1 aromatic carbocycles. The van der Waals surface area contributed by atoms with Gasteiger partial charge in [0.2, 0.25) is 0 Å². The standard InChI is InChI=1S/C15H19BrN4O/c1-11(9-21)19-4-6-20(7-5-19)15-13-8-12(16)2-3-14(13)17-10-18-15/h2-3,8,10-11,21H,4-7,9H2,1H3. The van der Waals surface area contributed by atoms with Crippen molar-refractivity contribution in [1.29, 1.82) is 0 Å². The third-order valence-electron chi connectivity index (χ3n) is 4.08. The normalized spacial score (nSPS) is 18.1. The van der Waals surface area contributed by atoms with Crippen LogP contribution in [0.25, 0.3) is 10.9 Å². The predicted octanol–water partition coefficient (Wildman–Crippen LogP) is 1.90. The fourth-order valence-corrected chi connectivity index (χ4v) is 3.12. The number of hydrogen-bond donors (Lipinski definition) is 1. The topological polar surface area (TPSA) is 52.5 Å². The second-order valence-corrected chi connectivity index (χ2v) is 6.33. The monoisotopic (exact) mass is 350 g/mol. The number of rotatable bonds is 3. The summed E-state index contributed by atoms with van der Waals surface area (Å²) >= 11 is 3.52.